The van der Waals surface area contributed by atoms with Crippen molar-refractivity contribution in [3.05, 3.63) is 29.8 Å². The van der Waals surface area contributed by atoms with Crippen LogP contribution in [0.5, 0.6) is 5.75 Å². The van der Waals surface area contributed by atoms with Gasteiger partial charge in [-0.3, -0.25) is 0 Å². The van der Waals surface area contributed by atoms with Gasteiger partial charge in [-0.2, -0.15) is 0 Å². The van der Waals surface area contributed by atoms with Crippen molar-refractivity contribution in [2.75, 3.05) is 13.7 Å². The van der Waals surface area contributed by atoms with Gasteiger partial charge in [-0.1, -0.05) is 19.1 Å². The Morgan fingerprint density at radius 3 is 2.89 bits per heavy atom. The highest BCUT2D eigenvalue weighted by Gasteiger charge is 2.29. The first kappa shape index (κ1) is 14.4. The molecule has 1 aliphatic rings. The molecule has 2 rings (SSSR count). The zero-order valence-corrected chi connectivity index (χ0v) is 11.9. The van der Waals surface area contributed by atoms with Crippen LogP contribution in [0.4, 0.5) is 0 Å². The molecule has 3 heteroatoms. The molecule has 19 heavy (non-hydrogen) atoms. The van der Waals surface area contributed by atoms with Crippen molar-refractivity contribution >= 4 is 0 Å². The van der Waals surface area contributed by atoms with Gasteiger partial charge >= 0.3 is 0 Å². The van der Waals surface area contributed by atoms with E-state index in [1.807, 2.05) is 13.0 Å². The Labute approximate surface area is 116 Å². The summed E-state index contributed by atoms with van der Waals surface area (Å²) < 4.78 is 5.26. The van der Waals surface area contributed by atoms with Gasteiger partial charge in [0, 0.05) is 6.04 Å². The third-order valence-corrected chi connectivity index (χ3v) is 4.09. The van der Waals surface area contributed by atoms with Gasteiger partial charge in [0.25, 0.3) is 0 Å². The average Bonchev–Trinajstić information content (AvgIpc) is 2.41. The van der Waals surface area contributed by atoms with Gasteiger partial charge in [-0.05, 0) is 55.8 Å². The third kappa shape index (κ3) is 3.95. The molecule has 0 heterocycles. The smallest absolute Gasteiger partial charge is 0.119 e. The molecule has 0 radical (unpaired) electrons. The third-order valence-electron chi connectivity index (χ3n) is 4.09. The van der Waals surface area contributed by atoms with Crippen molar-refractivity contribution in [2.45, 2.75) is 50.7 Å². The summed E-state index contributed by atoms with van der Waals surface area (Å²) in [5, 5.41) is 13.0. The summed E-state index contributed by atoms with van der Waals surface area (Å²) >= 11 is 0. The topological polar surface area (TPSA) is 41.5 Å². The second kappa shape index (κ2) is 6.92. The van der Waals surface area contributed by atoms with Crippen molar-refractivity contribution in [2.24, 2.45) is 0 Å². The fourth-order valence-electron chi connectivity index (χ4n) is 2.61. The lowest BCUT2D eigenvalue weighted by Crippen LogP contribution is -2.41. The number of ether oxygens (including phenoxy) is 1. The van der Waals surface area contributed by atoms with E-state index in [0.717, 1.165) is 25.1 Å². The minimum absolute atomic E-state index is 0.151. The maximum atomic E-state index is 9.50. The van der Waals surface area contributed by atoms with Gasteiger partial charge in [-0.25, -0.2) is 0 Å². The van der Waals surface area contributed by atoms with Gasteiger partial charge < -0.3 is 15.2 Å². The Hall–Kier alpha value is -1.06. The fourth-order valence-corrected chi connectivity index (χ4v) is 2.61. The maximum absolute atomic E-state index is 9.50. The summed E-state index contributed by atoms with van der Waals surface area (Å²) in [5.74, 6) is 1.60. The summed E-state index contributed by atoms with van der Waals surface area (Å²) in [7, 11) is 1.71. The quantitative estimate of drug-likeness (QED) is 0.794. The van der Waals surface area contributed by atoms with Crippen molar-refractivity contribution in [1.29, 1.82) is 0 Å². The van der Waals surface area contributed by atoms with Crippen LogP contribution >= 0.6 is 0 Å². The van der Waals surface area contributed by atoms with Crippen LogP contribution < -0.4 is 10.1 Å². The molecule has 1 unspecified atom stereocenters. The Morgan fingerprint density at radius 2 is 2.21 bits per heavy atom. The van der Waals surface area contributed by atoms with Crippen LogP contribution in [0.2, 0.25) is 0 Å². The first-order valence-electron chi connectivity index (χ1n) is 7.28. The van der Waals surface area contributed by atoms with Crippen LogP contribution in [0.3, 0.4) is 0 Å². The minimum Gasteiger partial charge on any atom is -0.497 e. The Bertz CT molecular complexity index is 388. The molecule has 1 aromatic rings. The van der Waals surface area contributed by atoms with E-state index >= 15 is 0 Å². The van der Waals surface area contributed by atoms with Crippen molar-refractivity contribution in [3.63, 3.8) is 0 Å². The zero-order chi connectivity index (χ0) is 13.7. The molecular formula is C16H25NO2. The fraction of sp³-hybridized carbons (Fsp3) is 0.625. The van der Waals surface area contributed by atoms with E-state index in [-0.39, 0.29) is 6.10 Å². The van der Waals surface area contributed by atoms with Gasteiger partial charge in [0.15, 0.2) is 0 Å². The first-order chi connectivity index (χ1) is 9.22. The van der Waals surface area contributed by atoms with E-state index in [0.29, 0.717) is 12.0 Å². The molecule has 0 bridgehead atoms. The molecule has 0 saturated heterocycles. The molecule has 0 aliphatic heterocycles. The highest BCUT2D eigenvalue weighted by atomic mass is 16.5. The molecule has 1 aromatic carbocycles. The summed E-state index contributed by atoms with van der Waals surface area (Å²) in [6.07, 6.45) is 3.93. The molecule has 106 valence electrons. The summed E-state index contributed by atoms with van der Waals surface area (Å²) in [6, 6.07) is 8.99. The summed E-state index contributed by atoms with van der Waals surface area (Å²) in [6.45, 7) is 2.94. The number of nitrogens with one attached hydrogen (secondary N) is 1. The second-order valence-corrected chi connectivity index (χ2v) is 5.45. The van der Waals surface area contributed by atoms with Crippen LogP contribution in [-0.2, 0) is 0 Å². The van der Waals surface area contributed by atoms with Crippen LogP contribution in [-0.4, -0.2) is 30.9 Å². The van der Waals surface area contributed by atoms with Gasteiger partial charge in [0.05, 0.1) is 13.2 Å². The van der Waals surface area contributed by atoms with E-state index in [9.17, 15) is 5.11 Å². The van der Waals surface area contributed by atoms with Crippen molar-refractivity contribution < 1.29 is 9.84 Å². The molecule has 1 atom stereocenters. The van der Waals surface area contributed by atoms with Gasteiger partial charge in [0.1, 0.15) is 5.75 Å². The van der Waals surface area contributed by atoms with E-state index in [2.05, 4.69) is 23.5 Å². The molecule has 2 N–H and O–H groups in total. The van der Waals surface area contributed by atoms with Crippen molar-refractivity contribution in [3.8, 4) is 5.75 Å². The first-order valence-corrected chi connectivity index (χ1v) is 7.28. The largest absolute Gasteiger partial charge is 0.497 e. The number of rotatable bonds is 7. The summed E-state index contributed by atoms with van der Waals surface area (Å²) in [4.78, 5) is 0. The number of hydrogen-bond donors (Lipinski definition) is 2. The van der Waals surface area contributed by atoms with Gasteiger partial charge in [0.2, 0.25) is 0 Å². The van der Waals surface area contributed by atoms with E-state index < -0.39 is 0 Å². The zero-order valence-electron chi connectivity index (χ0n) is 11.9. The number of aliphatic hydroxyl groups is 1. The highest BCUT2D eigenvalue weighted by molar-refractivity contribution is 5.32. The van der Waals surface area contributed by atoms with Crippen LogP contribution in [0.1, 0.15) is 44.1 Å². The predicted molar refractivity (Wildman–Crippen MR) is 77.7 cm³/mol. The normalized spacial score (nSPS) is 23.7. The molecule has 0 aromatic heterocycles. The monoisotopic (exact) mass is 263 g/mol. The Kier molecular flexibility index (Phi) is 5.23. The second-order valence-electron chi connectivity index (χ2n) is 5.45. The molecule has 1 aliphatic carbocycles. The molecule has 0 spiro atoms. The van der Waals surface area contributed by atoms with E-state index in [4.69, 9.17) is 4.74 Å². The average molecular weight is 263 g/mol. The molecule has 0 amide bonds. The Balaban J connectivity index is 1.70. The summed E-state index contributed by atoms with van der Waals surface area (Å²) in [5.41, 5.74) is 1.38. The van der Waals surface area contributed by atoms with Crippen LogP contribution in [0.25, 0.3) is 0 Å². The molecule has 3 nitrogen and oxygen atoms in total. The van der Waals surface area contributed by atoms with E-state index in [1.54, 1.807) is 7.11 Å². The minimum atomic E-state index is -0.151. The number of methoxy groups -OCH3 is 1. The van der Waals surface area contributed by atoms with E-state index in [1.165, 1.54) is 18.4 Å². The lowest BCUT2D eigenvalue weighted by atomic mass is 9.76. The SMILES string of the molecule is CCC(O)CCNC1CC(c2cccc(OC)c2)C1. The molecular weight excluding hydrogens is 238 g/mol. The standard InChI is InChI=1S/C16H25NO2/c1-3-15(18)7-8-17-14-9-13(10-14)12-5-4-6-16(11-12)19-2/h4-6,11,13-15,17-18H,3,7-10H2,1-2H3. The maximum Gasteiger partial charge on any atom is 0.119 e. The number of benzene rings is 1. The lowest BCUT2D eigenvalue weighted by Gasteiger charge is -2.36. The molecule has 1 fully saturated rings. The number of aliphatic hydroxyl groups excluding tert-OH is 1. The van der Waals surface area contributed by atoms with Crippen molar-refractivity contribution in [1.82, 2.24) is 5.32 Å². The van der Waals surface area contributed by atoms with Gasteiger partial charge in [-0.15, -0.1) is 0 Å². The number of hydrogen-bond acceptors (Lipinski definition) is 3. The Morgan fingerprint density at radius 1 is 1.42 bits per heavy atom. The predicted octanol–water partition coefficient (Wildman–Crippen LogP) is 2.69. The van der Waals surface area contributed by atoms with Crippen LogP contribution in [0, 0.1) is 0 Å². The lowest BCUT2D eigenvalue weighted by molar-refractivity contribution is 0.155. The highest BCUT2D eigenvalue weighted by Crippen LogP contribution is 2.37. The van der Waals surface area contributed by atoms with Crippen LogP contribution in [0.15, 0.2) is 24.3 Å². The molecule has 1 saturated carbocycles.